The Morgan fingerprint density at radius 2 is 1.57 bits per heavy atom. The average molecular weight is 196 g/mol. The van der Waals surface area contributed by atoms with E-state index in [1.807, 2.05) is 0 Å². The van der Waals surface area contributed by atoms with Crippen molar-refractivity contribution in [2.24, 2.45) is 22.2 Å². The van der Waals surface area contributed by atoms with Crippen molar-refractivity contribution in [3.8, 4) is 0 Å². The predicted molar refractivity (Wildman–Crippen MR) is 64.4 cm³/mol. The Morgan fingerprint density at radius 3 is 1.79 bits per heavy atom. The molecule has 0 aromatic heterocycles. The van der Waals surface area contributed by atoms with Crippen molar-refractivity contribution in [3.63, 3.8) is 0 Å². The first-order valence-electron chi connectivity index (χ1n) is 6.17. The molecule has 84 valence electrons. The summed E-state index contributed by atoms with van der Waals surface area (Å²) in [5.74, 6) is 0.847. The lowest BCUT2D eigenvalue weighted by Gasteiger charge is -2.49. The highest BCUT2D eigenvalue weighted by Crippen LogP contribution is 2.62. The van der Waals surface area contributed by atoms with Crippen molar-refractivity contribution in [3.05, 3.63) is 0 Å². The highest BCUT2D eigenvalue weighted by atomic mass is 14.6. The van der Waals surface area contributed by atoms with Gasteiger partial charge in [-0.1, -0.05) is 48.5 Å². The minimum absolute atomic E-state index is 0.423. The summed E-state index contributed by atoms with van der Waals surface area (Å²) < 4.78 is 0. The van der Waals surface area contributed by atoms with E-state index in [-0.39, 0.29) is 0 Å². The molecule has 0 N–H and O–H groups in total. The summed E-state index contributed by atoms with van der Waals surface area (Å²) >= 11 is 0. The Balaban J connectivity index is 2.89. The molecular formula is C14H28. The van der Waals surface area contributed by atoms with Crippen LogP contribution >= 0.6 is 0 Å². The molecule has 1 saturated carbocycles. The summed E-state index contributed by atoms with van der Waals surface area (Å²) in [7, 11) is 0. The van der Waals surface area contributed by atoms with Crippen LogP contribution in [0.4, 0.5) is 0 Å². The number of rotatable bonds is 3. The summed E-state index contributed by atoms with van der Waals surface area (Å²) in [5, 5.41) is 0. The van der Waals surface area contributed by atoms with Crippen LogP contribution in [0.15, 0.2) is 0 Å². The highest BCUT2D eigenvalue weighted by molar-refractivity contribution is 5.02. The van der Waals surface area contributed by atoms with E-state index in [0.717, 1.165) is 5.92 Å². The molecule has 0 spiro atoms. The smallest absolute Gasteiger partial charge is 0.0249 e. The molecule has 0 heterocycles. The number of hydrogen-bond donors (Lipinski definition) is 0. The molecule has 14 heavy (non-hydrogen) atoms. The third-order valence-corrected chi connectivity index (χ3v) is 5.49. The summed E-state index contributed by atoms with van der Waals surface area (Å²) in [6.07, 6.45) is 4.19. The Bertz CT molecular complexity index is 205. The molecule has 0 bridgehead atoms. The van der Waals surface area contributed by atoms with E-state index in [4.69, 9.17) is 0 Å². The van der Waals surface area contributed by atoms with E-state index in [9.17, 15) is 0 Å². The molecule has 0 amide bonds. The molecule has 1 aliphatic carbocycles. The molecule has 0 heteroatoms. The van der Waals surface area contributed by atoms with Gasteiger partial charge in [-0.25, -0.2) is 0 Å². The van der Waals surface area contributed by atoms with Gasteiger partial charge in [0.15, 0.2) is 0 Å². The second-order valence-electron chi connectivity index (χ2n) is 6.90. The van der Waals surface area contributed by atoms with Gasteiger partial charge in [0.05, 0.1) is 0 Å². The van der Waals surface area contributed by atoms with Crippen molar-refractivity contribution < 1.29 is 0 Å². The molecule has 1 fully saturated rings. The van der Waals surface area contributed by atoms with E-state index in [1.54, 1.807) is 0 Å². The monoisotopic (exact) mass is 196 g/mol. The summed E-state index contributed by atoms with van der Waals surface area (Å²) in [5.41, 5.74) is 1.56. The minimum atomic E-state index is 0.423. The standard InChI is InChI=1S/C14H28/c1-8-14(7,12(3,4)5)11(2)13(6)9-10-13/h11H,8-10H2,1-7H3. The summed E-state index contributed by atoms with van der Waals surface area (Å²) in [6.45, 7) is 17.0. The van der Waals surface area contributed by atoms with Gasteiger partial charge in [0.2, 0.25) is 0 Å². The predicted octanol–water partition coefficient (Wildman–Crippen LogP) is 4.89. The first kappa shape index (κ1) is 12.1. The van der Waals surface area contributed by atoms with Crippen molar-refractivity contribution in [2.75, 3.05) is 0 Å². The lowest BCUT2D eigenvalue weighted by molar-refractivity contribution is 0.00356. The molecule has 0 aromatic rings. The Labute approximate surface area is 90.5 Å². The largest absolute Gasteiger partial charge is 0.0648 e. The fourth-order valence-electron chi connectivity index (χ4n) is 2.89. The molecule has 0 nitrogen and oxygen atoms in total. The zero-order valence-electron chi connectivity index (χ0n) is 11.2. The van der Waals surface area contributed by atoms with Crippen molar-refractivity contribution in [2.45, 2.75) is 67.7 Å². The van der Waals surface area contributed by atoms with Gasteiger partial charge in [0.1, 0.15) is 0 Å². The molecule has 1 rings (SSSR count). The molecule has 1 aliphatic rings. The van der Waals surface area contributed by atoms with Crippen molar-refractivity contribution in [1.82, 2.24) is 0 Å². The maximum atomic E-state index is 2.49. The van der Waals surface area contributed by atoms with Crippen LogP contribution in [0.2, 0.25) is 0 Å². The molecule has 2 unspecified atom stereocenters. The van der Waals surface area contributed by atoms with Crippen molar-refractivity contribution >= 4 is 0 Å². The lowest BCUT2D eigenvalue weighted by Crippen LogP contribution is -2.41. The van der Waals surface area contributed by atoms with E-state index in [0.29, 0.717) is 16.2 Å². The molecule has 0 aliphatic heterocycles. The van der Waals surface area contributed by atoms with Crippen LogP contribution < -0.4 is 0 Å². The van der Waals surface area contributed by atoms with Gasteiger partial charge in [-0.3, -0.25) is 0 Å². The first-order chi connectivity index (χ1) is 6.17. The zero-order valence-corrected chi connectivity index (χ0v) is 11.2. The van der Waals surface area contributed by atoms with Crippen LogP contribution in [0.5, 0.6) is 0 Å². The Kier molecular flexibility index (Phi) is 2.80. The molecule has 0 aromatic carbocycles. The Morgan fingerprint density at radius 1 is 1.14 bits per heavy atom. The SMILES string of the molecule is CCC(C)(C(C)C1(C)CC1)C(C)(C)C. The van der Waals surface area contributed by atoms with Crippen LogP contribution in [0.1, 0.15) is 67.7 Å². The normalized spacial score (nSPS) is 26.8. The molecular weight excluding hydrogens is 168 g/mol. The number of hydrogen-bond acceptors (Lipinski definition) is 0. The third kappa shape index (κ3) is 1.73. The average Bonchev–Trinajstić information content (AvgIpc) is 2.80. The maximum absolute atomic E-state index is 2.49. The van der Waals surface area contributed by atoms with Gasteiger partial charge in [-0.05, 0) is 41.4 Å². The van der Waals surface area contributed by atoms with Gasteiger partial charge >= 0.3 is 0 Å². The summed E-state index contributed by atoms with van der Waals surface area (Å²) in [4.78, 5) is 0. The summed E-state index contributed by atoms with van der Waals surface area (Å²) in [6, 6.07) is 0. The highest BCUT2D eigenvalue weighted by Gasteiger charge is 2.52. The van der Waals surface area contributed by atoms with Crippen LogP contribution in [-0.4, -0.2) is 0 Å². The van der Waals surface area contributed by atoms with Gasteiger partial charge in [0, 0.05) is 0 Å². The van der Waals surface area contributed by atoms with Crippen molar-refractivity contribution in [1.29, 1.82) is 0 Å². The van der Waals surface area contributed by atoms with Crippen LogP contribution in [0.3, 0.4) is 0 Å². The van der Waals surface area contributed by atoms with Gasteiger partial charge in [0.25, 0.3) is 0 Å². The van der Waals surface area contributed by atoms with Gasteiger partial charge in [-0.2, -0.15) is 0 Å². The van der Waals surface area contributed by atoms with E-state index < -0.39 is 0 Å². The fourth-order valence-corrected chi connectivity index (χ4v) is 2.89. The van der Waals surface area contributed by atoms with Crippen LogP contribution in [-0.2, 0) is 0 Å². The zero-order chi connectivity index (χ0) is 11.2. The van der Waals surface area contributed by atoms with E-state index in [1.165, 1.54) is 19.3 Å². The Hall–Kier alpha value is 0. The maximum Gasteiger partial charge on any atom is -0.0249 e. The quantitative estimate of drug-likeness (QED) is 0.603. The van der Waals surface area contributed by atoms with Gasteiger partial charge < -0.3 is 0 Å². The van der Waals surface area contributed by atoms with Crippen LogP contribution in [0, 0.1) is 22.2 Å². The third-order valence-electron chi connectivity index (χ3n) is 5.49. The lowest BCUT2D eigenvalue weighted by atomic mass is 9.56. The fraction of sp³-hybridized carbons (Fsp3) is 1.00. The van der Waals surface area contributed by atoms with E-state index in [2.05, 4.69) is 48.5 Å². The molecule has 0 radical (unpaired) electrons. The van der Waals surface area contributed by atoms with Crippen LogP contribution in [0.25, 0.3) is 0 Å². The second kappa shape index (κ2) is 3.25. The first-order valence-corrected chi connectivity index (χ1v) is 6.17. The van der Waals surface area contributed by atoms with Gasteiger partial charge in [-0.15, -0.1) is 0 Å². The molecule has 0 saturated heterocycles. The topological polar surface area (TPSA) is 0 Å². The second-order valence-corrected chi connectivity index (χ2v) is 6.90. The van der Waals surface area contributed by atoms with E-state index >= 15 is 0 Å². The minimum Gasteiger partial charge on any atom is -0.0648 e. The molecule has 2 atom stereocenters.